The van der Waals surface area contributed by atoms with Crippen molar-refractivity contribution in [2.45, 2.75) is 19.4 Å². The first-order valence-electron chi connectivity index (χ1n) is 8.06. The fourth-order valence-corrected chi connectivity index (χ4v) is 2.78. The lowest BCUT2D eigenvalue weighted by atomic mass is 10.0. The molecule has 0 radical (unpaired) electrons. The third-order valence-electron chi connectivity index (χ3n) is 4.10. The predicted octanol–water partition coefficient (Wildman–Crippen LogP) is 2.84. The third kappa shape index (κ3) is 3.64. The Morgan fingerprint density at radius 2 is 1.88 bits per heavy atom. The molecule has 3 rings (SSSR count). The molecule has 1 aromatic heterocycles. The molecule has 25 heavy (non-hydrogen) atoms. The van der Waals surface area contributed by atoms with Crippen molar-refractivity contribution in [2.24, 2.45) is 5.73 Å². The van der Waals surface area contributed by atoms with Crippen LogP contribution in [-0.4, -0.2) is 29.0 Å². The Kier molecular flexibility index (Phi) is 5.00. The van der Waals surface area contributed by atoms with Crippen molar-refractivity contribution in [1.29, 1.82) is 0 Å². The molecule has 130 valence electrons. The largest absolute Gasteiger partial charge is 0.493 e. The Hall–Kier alpha value is -2.86. The Morgan fingerprint density at radius 1 is 1.08 bits per heavy atom. The van der Waals surface area contributed by atoms with Gasteiger partial charge in [0.05, 0.1) is 19.9 Å². The maximum atomic E-state index is 6.40. The normalized spacial score (nSPS) is 12.0. The Balaban J connectivity index is 1.85. The van der Waals surface area contributed by atoms with Crippen LogP contribution in [0.25, 0.3) is 5.69 Å². The standard InChI is InChI=1S/C19H22N4O2/c1-13-5-4-6-15(9-13)23-19(21-12-22-23)11-16(20)14-7-8-17(24-2)18(10-14)25-3/h4-10,12,16H,11,20H2,1-3H3/t16-/m0/s1. The van der Waals surface area contributed by atoms with Crippen LogP contribution in [0.5, 0.6) is 11.5 Å². The van der Waals surface area contributed by atoms with Crippen molar-refractivity contribution in [2.75, 3.05) is 14.2 Å². The zero-order valence-corrected chi connectivity index (χ0v) is 14.6. The number of nitrogens with two attached hydrogens (primary N) is 1. The second-order valence-electron chi connectivity index (χ2n) is 5.85. The zero-order valence-electron chi connectivity index (χ0n) is 14.6. The molecule has 3 aromatic rings. The molecule has 2 aromatic carbocycles. The number of benzene rings is 2. The van der Waals surface area contributed by atoms with E-state index in [-0.39, 0.29) is 6.04 Å². The highest BCUT2D eigenvalue weighted by Crippen LogP contribution is 2.30. The summed E-state index contributed by atoms with van der Waals surface area (Å²) in [5.41, 5.74) is 9.50. The molecule has 2 N–H and O–H groups in total. The molecule has 0 aliphatic rings. The van der Waals surface area contributed by atoms with Gasteiger partial charge in [-0.2, -0.15) is 5.10 Å². The number of hydrogen-bond acceptors (Lipinski definition) is 5. The lowest BCUT2D eigenvalue weighted by molar-refractivity contribution is 0.354. The molecule has 0 bridgehead atoms. The highest BCUT2D eigenvalue weighted by molar-refractivity contribution is 5.44. The predicted molar refractivity (Wildman–Crippen MR) is 96.3 cm³/mol. The maximum Gasteiger partial charge on any atom is 0.161 e. The number of methoxy groups -OCH3 is 2. The second-order valence-corrected chi connectivity index (χ2v) is 5.85. The summed E-state index contributed by atoms with van der Waals surface area (Å²) in [6.45, 7) is 2.05. The molecular weight excluding hydrogens is 316 g/mol. The first-order valence-corrected chi connectivity index (χ1v) is 8.06. The van der Waals surface area contributed by atoms with Gasteiger partial charge in [0.25, 0.3) is 0 Å². The summed E-state index contributed by atoms with van der Waals surface area (Å²) in [6.07, 6.45) is 2.11. The number of ether oxygens (including phenoxy) is 2. The van der Waals surface area contributed by atoms with Gasteiger partial charge < -0.3 is 15.2 Å². The van der Waals surface area contributed by atoms with Crippen molar-refractivity contribution in [1.82, 2.24) is 14.8 Å². The molecule has 0 aliphatic carbocycles. The van der Waals surface area contributed by atoms with Gasteiger partial charge in [0, 0.05) is 12.5 Å². The van der Waals surface area contributed by atoms with Crippen LogP contribution in [0.1, 0.15) is 23.0 Å². The van der Waals surface area contributed by atoms with E-state index in [1.165, 1.54) is 5.56 Å². The van der Waals surface area contributed by atoms with Gasteiger partial charge in [0.1, 0.15) is 12.2 Å². The van der Waals surface area contributed by atoms with Gasteiger partial charge in [-0.1, -0.05) is 18.2 Å². The molecule has 0 saturated heterocycles. The molecule has 1 heterocycles. The number of nitrogens with zero attached hydrogens (tertiary/aromatic N) is 3. The fourth-order valence-electron chi connectivity index (χ4n) is 2.78. The van der Waals surface area contributed by atoms with E-state index in [9.17, 15) is 0 Å². The van der Waals surface area contributed by atoms with Crippen molar-refractivity contribution in [3.8, 4) is 17.2 Å². The summed E-state index contributed by atoms with van der Waals surface area (Å²) >= 11 is 0. The Bertz CT molecular complexity index is 860. The van der Waals surface area contributed by atoms with Crippen molar-refractivity contribution in [3.05, 3.63) is 65.7 Å². The first-order chi connectivity index (χ1) is 12.1. The van der Waals surface area contributed by atoms with Crippen LogP contribution in [0.3, 0.4) is 0 Å². The minimum absolute atomic E-state index is 0.229. The van der Waals surface area contributed by atoms with Crippen LogP contribution in [0.4, 0.5) is 0 Å². The summed E-state index contributed by atoms with van der Waals surface area (Å²) in [4.78, 5) is 4.38. The summed E-state index contributed by atoms with van der Waals surface area (Å²) in [6, 6.07) is 13.6. The lowest BCUT2D eigenvalue weighted by Crippen LogP contribution is -2.16. The molecule has 6 heteroatoms. The highest BCUT2D eigenvalue weighted by atomic mass is 16.5. The highest BCUT2D eigenvalue weighted by Gasteiger charge is 2.15. The average molecular weight is 338 g/mol. The number of aryl methyl sites for hydroxylation is 1. The van der Waals surface area contributed by atoms with E-state index in [0.717, 1.165) is 17.1 Å². The molecule has 0 spiro atoms. The molecule has 6 nitrogen and oxygen atoms in total. The lowest BCUT2D eigenvalue weighted by Gasteiger charge is -2.15. The smallest absolute Gasteiger partial charge is 0.161 e. The van der Waals surface area contributed by atoms with E-state index >= 15 is 0 Å². The molecule has 0 unspecified atom stereocenters. The van der Waals surface area contributed by atoms with Gasteiger partial charge in [0.2, 0.25) is 0 Å². The summed E-state index contributed by atoms with van der Waals surface area (Å²) in [5.74, 6) is 2.16. The van der Waals surface area contributed by atoms with Gasteiger partial charge in [-0.25, -0.2) is 9.67 Å². The topological polar surface area (TPSA) is 75.2 Å². The van der Waals surface area contributed by atoms with Crippen LogP contribution < -0.4 is 15.2 Å². The molecule has 0 saturated carbocycles. The molecule has 0 fully saturated rings. The minimum atomic E-state index is -0.229. The number of rotatable bonds is 6. The average Bonchev–Trinajstić information content (AvgIpc) is 3.09. The van der Waals surface area contributed by atoms with Crippen LogP contribution in [-0.2, 0) is 6.42 Å². The SMILES string of the molecule is COc1ccc([C@@H](N)Cc2ncnn2-c2cccc(C)c2)cc1OC. The fraction of sp³-hybridized carbons (Fsp3) is 0.263. The van der Waals surface area contributed by atoms with Crippen molar-refractivity contribution < 1.29 is 9.47 Å². The van der Waals surface area contributed by atoms with E-state index < -0.39 is 0 Å². The molecular formula is C19H22N4O2. The van der Waals surface area contributed by atoms with Crippen LogP contribution >= 0.6 is 0 Å². The van der Waals surface area contributed by atoms with Crippen LogP contribution in [0.2, 0.25) is 0 Å². The second kappa shape index (κ2) is 7.36. The number of aromatic nitrogens is 3. The van der Waals surface area contributed by atoms with Gasteiger partial charge in [-0.3, -0.25) is 0 Å². The summed E-state index contributed by atoms with van der Waals surface area (Å²) in [5, 5.41) is 4.34. The monoisotopic (exact) mass is 338 g/mol. The van der Waals surface area contributed by atoms with E-state index in [2.05, 4.69) is 29.1 Å². The summed E-state index contributed by atoms with van der Waals surface area (Å²) in [7, 11) is 3.23. The van der Waals surface area contributed by atoms with Gasteiger partial charge in [0.15, 0.2) is 11.5 Å². The van der Waals surface area contributed by atoms with Crippen LogP contribution in [0, 0.1) is 6.92 Å². The Labute approximate surface area is 147 Å². The summed E-state index contributed by atoms with van der Waals surface area (Å²) < 4.78 is 12.5. The van der Waals surface area contributed by atoms with E-state index in [0.29, 0.717) is 17.9 Å². The van der Waals surface area contributed by atoms with E-state index in [4.69, 9.17) is 15.2 Å². The molecule has 0 aliphatic heterocycles. The quantitative estimate of drug-likeness (QED) is 0.748. The van der Waals surface area contributed by atoms with Crippen molar-refractivity contribution >= 4 is 0 Å². The minimum Gasteiger partial charge on any atom is -0.493 e. The Morgan fingerprint density at radius 3 is 2.60 bits per heavy atom. The van der Waals surface area contributed by atoms with Gasteiger partial charge >= 0.3 is 0 Å². The van der Waals surface area contributed by atoms with Gasteiger partial charge in [-0.05, 0) is 42.3 Å². The molecule has 0 amide bonds. The zero-order chi connectivity index (χ0) is 17.8. The van der Waals surface area contributed by atoms with Crippen molar-refractivity contribution in [3.63, 3.8) is 0 Å². The molecule has 1 atom stereocenters. The third-order valence-corrected chi connectivity index (χ3v) is 4.10. The van der Waals surface area contributed by atoms with E-state index in [1.54, 1.807) is 20.5 Å². The maximum absolute atomic E-state index is 6.40. The first kappa shape index (κ1) is 17.0. The number of hydrogen-bond donors (Lipinski definition) is 1. The van der Waals surface area contributed by atoms with E-state index in [1.807, 2.05) is 35.0 Å². The van der Waals surface area contributed by atoms with Crippen LogP contribution in [0.15, 0.2) is 48.8 Å². The van der Waals surface area contributed by atoms with Gasteiger partial charge in [-0.15, -0.1) is 0 Å².